The molecule has 0 radical (unpaired) electrons. The second kappa shape index (κ2) is 5.89. The fourth-order valence-electron chi connectivity index (χ4n) is 5.55. The zero-order chi connectivity index (χ0) is 19.9. The summed E-state index contributed by atoms with van der Waals surface area (Å²) in [7, 11) is 0. The van der Waals surface area contributed by atoms with Crippen LogP contribution in [0.1, 0.15) is 28.2 Å². The highest BCUT2D eigenvalue weighted by atomic mass is 79.9. The first kappa shape index (κ1) is 17.6. The summed E-state index contributed by atoms with van der Waals surface area (Å²) in [6.45, 7) is 0. The smallest absolute Gasteiger partial charge is 0.239 e. The quantitative estimate of drug-likeness (QED) is 0.328. The lowest BCUT2D eigenvalue weighted by molar-refractivity contribution is -0.122. The van der Waals surface area contributed by atoms with Gasteiger partial charge in [0.25, 0.3) is 0 Å². The number of rotatable bonds is 1. The van der Waals surface area contributed by atoms with Crippen molar-refractivity contribution in [2.75, 3.05) is 4.90 Å². The number of carbonyl (C=O) groups excluding carboxylic acids is 2. The molecule has 0 aromatic heterocycles. The number of anilines is 1. The highest BCUT2D eigenvalue weighted by Crippen LogP contribution is 2.66. The van der Waals surface area contributed by atoms with Crippen molar-refractivity contribution < 1.29 is 9.59 Å². The SMILES string of the molecule is O=C1[C@@H]2C3c4ccccc4C(Br)(c4ccccc43)[C@@H]2C(=O)N1c1cccc(Br)c1. The highest BCUT2D eigenvalue weighted by Gasteiger charge is 2.67. The van der Waals surface area contributed by atoms with E-state index < -0.39 is 16.2 Å². The lowest BCUT2D eigenvalue weighted by atomic mass is 9.55. The summed E-state index contributed by atoms with van der Waals surface area (Å²) in [5.41, 5.74) is 5.10. The Morgan fingerprint density at radius 1 is 0.793 bits per heavy atom. The fraction of sp³-hybridized carbons (Fsp3) is 0.167. The number of amides is 2. The topological polar surface area (TPSA) is 37.4 Å². The van der Waals surface area contributed by atoms with Gasteiger partial charge in [0, 0.05) is 10.4 Å². The molecular formula is C24H15Br2NO2. The fourth-order valence-corrected chi connectivity index (χ4v) is 7.14. The van der Waals surface area contributed by atoms with E-state index >= 15 is 0 Å². The van der Waals surface area contributed by atoms with Gasteiger partial charge in [0.05, 0.1) is 21.8 Å². The van der Waals surface area contributed by atoms with Crippen LogP contribution in [0.4, 0.5) is 5.69 Å². The minimum Gasteiger partial charge on any atom is -0.274 e. The Labute approximate surface area is 185 Å². The van der Waals surface area contributed by atoms with Crippen molar-refractivity contribution in [3.8, 4) is 0 Å². The molecule has 3 aromatic rings. The summed E-state index contributed by atoms with van der Waals surface area (Å²) in [5, 5.41) is 0. The van der Waals surface area contributed by atoms with Crippen LogP contribution in [0.15, 0.2) is 77.3 Å². The number of alkyl halides is 1. The molecule has 2 atom stereocenters. The summed E-state index contributed by atoms with van der Waals surface area (Å²) < 4.78 is 0.140. The van der Waals surface area contributed by atoms with Gasteiger partial charge in [-0.25, -0.2) is 4.90 Å². The summed E-state index contributed by atoms with van der Waals surface area (Å²) >= 11 is 7.47. The average Bonchev–Trinajstić information content (AvgIpc) is 3.00. The molecule has 3 aromatic carbocycles. The molecule has 1 saturated heterocycles. The van der Waals surface area contributed by atoms with Gasteiger partial charge in [-0.15, -0.1) is 0 Å². The molecule has 5 heteroatoms. The van der Waals surface area contributed by atoms with Crippen LogP contribution in [-0.2, 0) is 13.9 Å². The molecule has 0 saturated carbocycles. The zero-order valence-corrected chi connectivity index (χ0v) is 18.4. The van der Waals surface area contributed by atoms with Crippen molar-refractivity contribution >= 4 is 49.4 Å². The Hall–Kier alpha value is -2.24. The first-order valence-corrected chi connectivity index (χ1v) is 11.1. The Morgan fingerprint density at radius 2 is 1.41 bits per heavy atom. The third-order valence-electron chi connectivity index (χ3n) is 6.58. The summed E-state index contributed by atoms with van der Waals surface area (Å²) in [5.74, 6) is -1.24. The summed E-state index contributed by atoms with van der Waals surface area (Å²) in [6.07, 6.45) is 0. The van der Waals surface area contributed by atoms with E-state index in [0.717, 1.165) is 26.7 Å². The van der Waals surface area contributed by atoms with Gasteiger partial charge in [0.15, 0.2) is 0 Å². The Morgan fingerprint density at radius 3 is 2.03 bits per heavy atom. The van der Waals surface area contributed by atoms with Gasteiger partial charge in [-0.05, 0) is 40.5 Å². The molecule has 1 fully saturated rings. The van der Waals surface area contributed by atoms with E-state index in [4.69, 9.17) is 0 Å². The van der Waals surface area contributed by atoms with Crippen molar-refractivity contribution in [1.82, 2.24) is 0 Å². The van der Waals surface area contributed by atoms with E-state index in [2.05, 4.69) is 56.1 Å². The lowest BCUT2D eigenvalue weighted by Crippen LogP contribution is -2.50. The van der Waals surface area contributed by atoms with Crippen molar-refractivity contribution in [2.45, 2.75) is 10.2 Å². The maximum absolute atomic E-state index is 13.7. The van der Waals surface area contributed by atoms with Crippen LogP contribution in [0.3, 0.4) is 0 Å². The standard InChI is InChI=1S/C24H15Br2NO2/c25-13-6-5-7-14(12-13)27-22(28)20-19-15-8-1-3-10-17(15)24(26,21(20)23(27)29)18-11-4-2-9-16(18)19/h1-12,19-21H/t19?,20-,21+,24?/m1/s1. The van der Waals surface area contributed by atoms with Gasteiger partial charge in [-0.3, -0.25) is 9.59 Å². The first-order chi connectivity index (χ1) is 14.0. The predicted molar refractivity (Wildman–Crippen MR) is 118 cm³/mol. The van der Waals surface area contributed by atoms with Crippen LogP contribution in [0, 0.1) is 11.8 Å². The van der Waals surface area contributed by atoms with E-state index in [9.17, 15) is 9.59 Å². The van der Waals surface area contributed by atoms with Crippen LogP contribution >= 0.6 is 31.9 Å². The molecule has 1 heterocycles. The Bertz CT molecular complexity index is 1170. The molecule has 3 nitrogen and oxygen atoms in total. The molecule has 29 heavy (non-hydrogen) atoms. The number of halogens is 2. The Balaban J connectivity index is 1.63. The highest BCUT2D eigenvalue weighted by molar-refractivity contribution is 9.10. The molecule has 7 rings (SSSR count). The van der Waals surface area contributed by atoms with Gasteiger partial charge < -0.3 is 0 Å². The van der Waals surface area contributed by atoms with Gasteiger partial charge in [-0.2, -0.15) is 0 Å². The number of imide groups is 1. The predicted octanol–water partition coefficient (Wildman–Crippen LogP) is 5.35. The van der Waals surface area contributed by atoms with Crippen LogP contribution < -0.4 is 4.90 Å². The number of benzene rings is 3. The Kier molecular flexibility index (Phi) is 3.58. The average molecular weight is 509 g/mol. The maximum atomic E-state index is 13.7. The van der Waals surface area contributed by atoms with Crippen LogP contribution in [0.5, 0.6) is 0 Å². The first-order valence-electron chi connectivity index (χ1n) is 9.54. The van der Waals surface area contributed by atoms with E-state index in [1.54, 1.807) is 0 Å². The van der Waals surface area contributed by atoms with Crippen LogP contribution in [0.2, 0.25) is 0 Å². The molecule has 0 N–H and O–H groups in total. The molecule has 3 aliphatic carbocycles. The second-order valence-electron chi connectivity index (χ2n) is 7.86. The van der Waals surface area contributed by atoms with Crippen molar-refractivity contribution in [1.29, 1.82) is 0 Å². The number of hydrogen-bond donors (Lipinski definition) is 0. The number of hydrogen-bond acceptors (Lipinski definition) is 2. The van der Waals surface area contributed by atoms with Crippen LogP contribution in [-0.4, -0.2) is 11.8 Å². The lowest BCUT2D eigenvalue weighted by Gasteiger charge is -2.51. The van der Waals surface area contributed by atoms with Crippen molar-refractivity contribution in [3.63, 3.8) is 0 Å². The molecule has 2 amide bonds. The van der Waals surface area contributed by atoms with Crippen molar-refractivity contribution in [2.24, 2.45) is 11.8 Å². The van der Waals surface area contributed by atoms with Crippen molar-refractivity contribution in [3.05, 3.63) is 99.5 Å². The normalized spacial score (nSPS) is 28.9. The van der Waals surface area contributed by atoms with Gasteiger partial charge in [-0.1, -0.05) is 86.5 Å². The molecule has 2 bridgehead atoms. The zero-order valence-electron chi connectivity index (χ0n) is 15.2. The number of nitrogens with zero attached hydrogens (tertiary/aromatic N) is 1. The van der Waals surface area contributed by atoms with Gasteiger partial charge >= 0.3 is 0 Å². The molecule has 142 valence electrons. The monoisotopic (exact) mass is 507 g/mol. The molecule has 0 spiro atoms. The van der Waals surface area contributed by atoms with E-state index in [-0.39, 0.29) is 17.7 Å². The van der Waals surface area contributed by atoms with Gasteiger partial charge in [0.1, 0.15) is 0 Å². The molecule has 4 aliphatic rings. The maximum Gasteiger partial charge on any atom is 0.239 e. The van der Waals surface area contributed by atoms with Gasteiger partial charge in [0.2, 0.25) is 11.8 Å². The molecular weight excluding hydrogens is 494 g/mol. The minimum atomic E-state index is -0.701. The summed E-state index contributed by atoms with van der Waals surface area (Å²) in [6, 6.07) is 23.8. The van der Waals surface area contributed by atoms with E-state index in [0.29, 0.717) is 5.69 Å². The third kappa shape index (κ3) is 2.07. The number of carbonyl (C=O) groups is 2. The van der Waals surface area contributed by atoms with E-state index in [1.807, 2.05) is 48.5 Å². The van der Waals surface area contributed by atoms with Crippen LogP contribution in [0.25, 0.3) is 0 Å². The summed E-state index contributed by atoms with van der Waals surface area (Å²) in [4.78, 5) is 28.8. The van der Waals surface area contributed by atoms with E-state index in [1.165, 1.54) is 4.90 Å². The minimum absolute atomic E-state index is 0.111. The largest absolute Gasteiger partial charge is 0.274 e. The second-order valence-corrected chi connectivity index (χ2v) is 10.0. The molecule has 0 unspecified atom stereocenters. The molecule has 1 aliphatic heterocycles. The third-order valence-corrected chi connectivity index (χ3v) is 8.42.